The number of hydrogen-bond acceptors (Lipinski definition) is 1. The van der Waals surface area contributed by atoms with Gasteiger partial charge in [-0.3, -0.25) is 0 Å². The van der Waals surface area contributed by atoms with Crippen LogP contribution in [0.3, 0.4) is 0 Å². The number of nitrogens with two attached hydrogens (primary N) is 1. The molecule has 0 aliphatic carbocycles. The molecule has 0 unspecified atom stereocenters. The highest BCUT2D eigenvalue weighted by Gasteiger charge is 2.00. The molecule has 0 bridgehead atoms. The Bertz CT molecular complexity index is 186. The molecule has 10 heavy (non-hydrogen) atoms. The maximum Gasteiger partial charge on any atom is 0.0432 e. The first-order valence-corrected chi connectivity index (χ1v) is 3.74. The van der Waals surface area contributed by atoms with E-state index < -0.39 is 0 Å². The summed E-state index contributed by atoms with van der Waals surface area (Å²) < 4.78 is 0. The third kappa shape index (κ3) is 1.72. The summed E-state index contributed by atoms with van der Waals surface area (Å²) >= 11 is 5.56. The van der Waals surface area contributed by atoms with Crippen molar-refractivity contribution in [1.29, 1.82) is 0 Å². The SMILES string of the molecule is N[C@@H](CCl)c1ccccc1. The first-order chi connectivity index (χ1) is 4.84. The van der Waals surface area contributed by atoms with Crippen molar-refractivity contribution in [2.45, 2.75) is 6.04 Å². The second-order valence-electron chi connectivity index (χ2n) is 2.17. The van der Waals surface area contributed by atoms with Crippen molar-refractivity contribution in [2.75, 3.05) is 5.88 Å². The van der Waals surface area contributed by atoms with Crippen LogP contribution in [0.15, 0.2) is 30.3 Å². The lowest BCUT2D eigenvalue weighted by molar-refractivity contribution is 0.826. The van der Waals surface area contributed by atoms with Crippen molar-refractivity contribution in [3.63, 3.8) is 0 Å². The van der Waals surface area contributed by atoms with Gasteiger partial charge in [-0.15, -0.1) is 11.6 Å². The van der Waals surface area contributed by atoms with Gasteiger partial charge in [0.2, 0.25) is 0 Å². The predicted octanol–water partition coefficient (Wildman–Crippen LogP) is 1.93. The average Bonchev–Trinajstić information content (AvgIpc) is 2.05. The highest BCUT2D eigenvalue weighted by Crippen LogP contribution is 2.09. The van der Waals surface area contributed by atoms with E-state index in [1.54, 1.807) is 0 Å². The van der Waals surface area contributed by atoms with Gasteiger partial charge >= 0.3 is 0 Å². The van der Waals surface area contributed by atoms with Crippen molar-refractivity contribution in [2.24, 2.45) is 5.73 Å². The summed E-state index contributed by atoms with van der Waals surface area (Å²) in [5.74, 6) is 0.476. The maximum absolute atomic E-state index is 5.66. The zero-order chi connectivity index (χ0) is 7.40. The van der Waals surface area contributed by atoms with Crippen molar-refractivity contribution in [3.05, 3.63) is 35.9 Å². The minimum atomic E-state index is -0.0251. The summed E-state index contributed by atoms with van der Waals surface area (Å²) in [6.45, 7) is 0. The van der Waals surface area contributed by atoms with Crippen LogP contribution in [0.4, 0.5) is 0 Å². The van der Waals surface area contributed by atoms with E-state index in [1.807, 2.05) is 30.3 Å². The van der Waals surface area contributed by atoms with Crippen molar-refractivity contribution < 1.29 is 0 Å². The van der Waals surface area contributed by atoms with Gasteiger partial charge in [-0.1, -0.05) is 30.3 Å². The van der Waals surface area contributed by atoms with Gasteiger partial charge in [-0.05, 0) is 5.56 Å². The van der Waals surface area contributed by atoms with E-state index >= 15 is 0 Å². The van der Waals surface area contributed by atoms with Crippen LogP contribution >= 0.6 is 11.6 Å². The molecule has 0 aromatic heterocycles. The summed E-state index contributed by atoms with van der Waals surface area (Å²) in [6.07, 6.45) is 0. The second kappa shape index (κ2) is 3.59. The van der Waals surface area contributed by atoms with Crippen LogP contribution in [0.2, 0.25) is 0 Å². The van der Waals surface area contributed by atoms with E-state index in [0.29, 0.717) is 5.88 Å². The minimum absolute atomic E-state index is 0.0251. The smallest absolute Gasteiger partial charge is 0.0432 e. The van der Waals surface area contributed by atoms with Gasteiger partial charge in [-0.2, -0.15) is 0 Å². The summed E-state index contributed by atoms with van der Waals surface area (Å²) in [4.78, 5) is 0. The molecule has 0 saturated carbocycles. The molecule has 1 rings (SSSR count). The summed E-state index contributed by atoms with van der Waals surface area (Å²) in [5, 5.41) is 0. The van der Waals surface area contributed by atoms with Crippen LogP contribution in [-0.4, -0.2) is 5.88 Å². The lowest BCUT2D eigenvalue weighted by Crippen LogP contribution is -2.10. The fourth-order valence-corrected chi connectivity index (χ4v) is 0.967. The van der Waals surface area contributed by atoms with Crippen LogP contribution < -0.4 is 5.73 Å². The van der Waals surface area contributed by atoms with E-state index in [0.717, 1.165) is 5.56 Å². The highest BCUT2D eigenvalue weighted by atomic mass is 35.5. The molecule has 0 radical (unpaired) electrons. The Kier molecular flexibility index (Phi) is 2.72. The quantitative estimate of drug-likeness (QED) is 0.649. The molecule has 0 fully saturated rings. The first-order valence-electron chi connectivity index (χ1n) is 3.21. The van der Waals surface area contributed by atoms with Crippen molar-refractivity contribution >= 4 is 11.6 Å². The van der Waals surface area contributed by atoms with Crippen LogP contribution in [0, 0.1) is 0 Å². The van der Waals surface area contributed by atoms with Gasteiger partial charge in [0.1, 0.15) is 0 Å². The topological polar surface area (TPSA) is 26.0 Å². The van der Waals surface area contributed by atoms with Crippen molar-refractivity contribution in [1.82, 2.24) is 0 Å². The number of hydrogen-bond donors (Lipinski definition) is 1. The lowest BCUT2D eigenvalue weighted by atomic mass is 10.1. The first kappa shape index (κ1) is 7.58. The largest absolute Gasteiger partial charge is 0.323 e. The van der Waals surface area contributed by atoms with E-state index in [4.69, 9.17) is 17.3 Å². The molecule has 0 saturated heterocycles. The highest BCUT2D eigenvalue weighted by molar-refractivity contribution is 6.18. The third-order valence-corrected chi connectivity index (χ3v) is 1.73. The molecular weight excluding hydrogens is 146 g/mol. The molecule has 2 heteroatoms. The molecule has 0 aliphatic rings. The van der Waals surface area contributed by atoms with E-state index in [-0.39, 0.29) is 6.04 Å². The molecule has 0 amide bonds. The zero-order valence-electron chi connectivity index (χ0n) is 5.63. The van der Waals surface area contributed by atoms with Gasteiger partial charge < -0.3 is 5.73 Å². The lowest BCUT2D eigenvalue weighted by Gasteiger charge is -2.05. The Hall–Kier alpha value is -0.530. The van der Waals surface area contributed by atoms with Crippen LogP contribution in [0.5, 0.6) is 0 Å². The molecule has 0 spiro atoms. The minimum Gasteiger partial charge on any atom is -0.323 e. The van der Waals surface area contributed by atoms with E-state index in [9.17, 15) is 0 Å². The molecule has 54 valence electrons. The zero-order valence-corrected chi connectivity index (χ0v) is 6.38. The normalized spacial score (nSPS) is 13.0. The van der Waals surface area contributed by atoms with Gasteiger partial charge in [0, 0.05) is 11.9 Å². The average molecular weight is 156 g/mol. The van der Waals surface area contributed by atoms with Crippen LogP contribution in [-0.2, 0) is 0 Å². The van der Waals surface area contributed by atoms with Gasteiger partial charge in [0.25, 0.3) is 0 Å². The molecule has 1 aromatic rings. The monoisotopic (exact) mass is 155 g/mol. The van der Waals surface area contributed by atoms with E-state index in [1.165, 1.54) is 0 Å². The molecule has 0 heterocycles. The predicted molar refractivity (Wildman–Crippen MR) is 44.1 cm³/mol. The molecule has 2 N–H and O–H groups in total. The van der Waals surface area contributed by atoms with Crippen molar-refractivity contribution in [3.8, 4) is 0 Å². The molecule has 0 aliphatic heterocycles. The Morgan fingerprint density at radius 3 is 2.40 bits per heavy atom. The number of benzene rings is 1. The summed E-state index contributed by atoms with van der Waals surface area (Å²) in [7, 11) is 0. The molecular formula is C8H10ClN. The number of rotatable bonds is 2. The molecule has 1 aromatic carbocycles. The van der Waals surface area contributed by atoms with Gasteiger partial charge in [0.05, 0.1) is 0 Å². The van der Waals surface area contributed by atoms with Gasteiger partial charge in [-0.25, -0.2) is 0 Å². The fraction of sp³-hybridized carbons (Fsp3) is 0.250. The number of halogens is 1. The van der Waals surface area contributed by atoms with Crippen LogP contribution in [0.25, 0.3) is 0 Å². The summed E-state index contributed by atoms with van der Waals surface area (Å²) in [5.41, 5.74) is 6.76. The summed E-state index contributed by atoms with van der Waals surface area (Å²) in [6, 6.07) is 9.82. The Morgan fingerprint density at radius 1 is 1.30 bits per heavy atom. The Balaban J connectivity index is 2.75. The van der Waals surface area contributed by atoms with E-state index in [2.05, 4.69) is 0 Å². The van der Waals surface area contributed by atoms with Gasteiger partial charge in [0.15, 0.2) is 0 Å². The Morgan fingerprint density at radius 2 is 1.90 bits per heavy atom. The standard InChI is InChI=1S/C8H10ClN/c9-6-8(10)7-4-2-1-3-5-7/h1-5,8H,6,10H2/t8-/m0/s1. The third-order valence-electron chi connectivity index (χ3n) is 1.39. The fourth-order valence-electron chi connectivity index (χ4n) is 0.789. The molecule has 1 nitrogen and oxygen atoms in total. The maximum atomic E-state index is 5.66. The molecule has 1 atom stereocenters. The Labute approximate surface area is 65.8 Å². The number of alkyl halides is 1. The van der Waals surface area contributed by atoms with Crippen LogP contribution in [0.1, 0.15) is 11.6 Å². The second-order valence-corrected chi connectivity index (χ2v) is 2.48.